The standard InChI is InChI=1S/C12H24N2O4S/c1-4-14(10-11-6-5-7-11)19(16,17)13(2)9-8-12(15)18-3/h11H,4-10H2,1-3H3. The lowest BCUT2D eigenvalue weighted by molar-refractivity contribution is -0.140. The summed E-state index contributed by atoms with van der Waals surface area (Å²) >= 11 is 0. The molecule has 6 nitrogen and oxygen atoms in total. The summed E-state index contributed by atoms with van der Waals surface area (Å²) in [4.78, 5) is 11.1. The molecule has 1 aliphatic carbocycles. The number of nitrogens with zero attached hydrogens (tertiary/aromatic N) is 2. The molecule has 0 radical (unpaired) electrons. The molecule has 0 saturated heterocycles. The van der Waals surface area contributed by atoms with Crippen molar-refractivity contribution in [3.05, 3.63) is 0 Å². The molecule has 7 heteroatoms. The van der Waals surface area contributed by atoms with Gasteiger partial charge in [0.1, 0.15) is 0 Å². The Kier molecular flexibility index (Phi) is 6.22. The van der Waals surface area contributed by atoms with Crippen LogP contribution in [-0.4, -0.2) is 56.8 Å². The molecule has 112 valence electrons. The summed E-state index contributed by atoms with van der Waals surface area (Å²) < 4.78 is 31.9. The van der Waals surface area contributed by atoms with E-state index in [2.05, 4.69) is 4.74 Å². The normalized spacial score (nSPS) is 16.7. The van der Waals surface area contributed by atoms with Crippen LogP contribution in [0.25, 0.3) is 0 Å². The van der Waals surface area contributed by atoms with E-state index in [0.29, 0.717) is 19.0 Å². The smallest absolute Gasteiger partial charge is 0.306 e. The van der Waals surface area contributed by atoms with Crippen molar-refractivity contribution in [2.45, 2.75) is 32.6 Å². The van der Waals surface area contributed by atoms with Crippen LogP contribution in [0.5, 0.6) is 0 Å². The number of methoxy groups -OCH3 is 1. The van der Waals surface area contributed by atoms with Crippen molar-refractivity contribution < 1.29 is 17.9 Å². The maximum atomic E-state index is 12.3. The Morgan fingerprint density at radius 3 is 2.42 bits per heavy atom. The molecule has 0 aromatic rings. The van der Waals surface area contributed by atoms with Gasteiger partial charge in [-0.3, -0.25) is 4.79 Å². The van der Waals surface area contributed by atoms with Gasteiger partial charge in [0.2, 0.25) is 0 Å². The Morgan fingerprint density at radius 1 is 1.37 bits per heavy atom. The van der Waals surface area contributed by atoms with Gasteiger partial charge in [-0.05, 0) is 18.8 Å². The molecule has 0 atom stereocenters. The zero-order chi connectivity index (χ0) is 14.5. The van der Waals surface area contributed by atoms with E-state index in [-0.39, 0.29) is 13.0 Å². The first-order valence-electron chi connectivity index (χ1n) is 6.70. The number of carbonyl (C=O) groups excluding carboxylic acids is 1. The molecule has 1 fully saturated rings. The van der Waals surface area contributed by atoms with Crippen molar-refractivity contribution in [2.24, 2.45) is 5.92 Å². The molecule has 0 aliphatic heterocycles. The van der Waals surface area contributed by atoms with Crippen LogP contribution in [-0.2, 0) is 19.7 Å². The molecule has 1 aliphatic rings. The summed E-state index contributed by atoms with van der Waals surface area (Å²) in [6.45, 7) is 3.03. The SMILES string of the molecule is CCN(CC1CCC1)S(=O)(=O)N(C)CCC(=O)OC. The summed E-state index contributed by atoms with van der Waals surface area (Å²) in [5.74, 6) is 0.0906. The predicted molar refractivity (Wildman–Crippen MR) is 72.8 cm³/mol. The number of hydrogen-bond donors (Lipinski definition) is 0. The van der Waals surface area contributed by atoms with Crippen LogP contribution in [0.4, 0.5) is 0 Å². The highest BCUT2D eigenvalue weighted by Gasteiger charge is 2.30. The van der Waals surface area contributed by atoms with E-state index < -0.39 is 16.2 Å². The fourth-order valence-corrected chi connectivity index (χ4v) is 3.45. The molecule has 19 heavy (non-hydrogen) atoms. The van der Waals surface area contributed by atoms with Crippen molar-refractivity contribution in [3.8, 4) is 0 Å². The number of hydrogen-bond acceptors (Lipinski definition) is 4. The summed E-state index contributed by atoms with van der Waals surface area (Å²) in [5.41, 5.74) is 0. The number of esters is 1. The van der Waals surface area contributed by atoms with Gasteiger partial charge in [-0.1, -0.05) is 13.3 Å². The molecule has 0 amide bonds. The van der Waals surface area contributed by atoms with Crippen molar-refractivity contribution in [2.75, 3.05) is 33.8 Å². The van der Waals surface area contributed by atoms with E-state index in [1.807, 2.05) is 6.92 Å². The minimum atomic E-state index is -3.47. The van der Waals surface area contributed by atoms with E-state index in [9.17, 15) is 13.2 Å². The molecule has 0 N–H and O–H groups in total. The quantitative estimate of drug-likeness (QED) is 0.622. The van der Waals surface area contributed by atoms with Crippen LogP contribution in [0.1, 0.15) is 32.6 Å². The van der Waals surface area contributed by atoms with E-state index in [1.54, 1.807) is 0 Å². The Morgan fingerprint density at radius 2 is 2.00 bits per heavy atom. The van der Waals surface area contributed by atoms with E-state index in [0.717, 1.165) is 12.8 Å². The highest BCUT2D eigenvalue weighted by molar-refractivity contribution is 7.86. The topological polar surface area (TPSA) is 66.9 Å². The first-order chi connectivity index (χ1) is 8.91. The molecular weight excluding hydrogens is 268 g/mol. The Hall–Kier alpha value is -0.660. The molecular formula is C12H24N2O4S. The molecule has 0 unspecified atom stereocenters. The monoisotopic (exact) mass is 292 g/mol. The van der Waals surface area contributed by atoms with E-state index in [1.165, 1.54) is 29.2 Å². The minimum absolute atomic E-state index is 0.0766. The summed E-state index contributed by atoms with van der Waals surface area (Å²) in [6, 6.07) is 0. The largest absolute Gasteiger partial charge is 0.469 e. The lowest BCUT2D eigenvalue weighted by Gasteiger charge is -2.33. The lowest BCUT2D eigenvalue weighted by Crippen LogP contribution is -2.45. The van der Waals surface area contributed by atoms with Crippen LogP contribution in [0.2, 0.25) is 0 Å². The Bertz CT molecular complexity index is 393. The summed E-state index contributed by atoms with van der Waals surface area (Å²) in [7, 11) is -0.668. The second-order valence-corrected chi connectivity index (χ2v) is 6.94. The first kappa shape index (κ1) is 16.4. The first-order valence-corrected chi connectivity index (χ1v) is 8.09. The van der Waals surface area contributed by atoms with Gasteiger partial charge in [0.25, 0.3) is 10.2 Å². The van der Waals surface area contributed by atoms with E-state index >= 15 is 0 Å². The van der Waals surface area contributed by atoms with Gasteiger partial charge in [0, 0.05) is 26.7 Å². The molecule has 1 saturated carbocycles. The summed E-state index contributed by atoms with van der Waals surface area (Å²) in [6.07, 6.45) is 3.49. The summed E-state index contributed by atoms with van der Waals surface area (Å²) in [5, 5.41) is 0. The number of ether oxygens (including phenoxy) is 1. The van der Waals surface area contributed by atoms with Crippen molar-refractivity contribution in [3.63, 3.8) is 0 Å². The fourth-order valence-electron chi connectivity index (χ4n) is 2.01. The molecule has 0 heterocycles. The molecule has 0 aromatic heterocycles. The molecule has 0 bridgehead atoms. The number of carbonyl (C=O) groups is 1. The second-order valence-electron chi connectivity index (χ2n) is 4.90. The van der Waals surface area contributed by atoms with Crippen molar-refractivity contribution in [1.29, 1.82) is 0 Å². The molecule has 0 spiro atoms. The Labute approximate surface area is 115 Å². The van der Waals surface area contributed by atoms with Crippen LogP contribution >= 0.6 is 0 Å². The van der Waals surface area contributed by atoms with Crippen LogP contribution < -0.4 is 0 Å². The average Bonchev–Trinajstić information content (AvgIpc) is 2.33. The van der Waals surface area contributed by atoms with E-state index in [4.69, 9.17) is 0 Å². The number of rotatable bonds is 8. The van der Waals surface area contributed by atoms with Crippen molar-refractivity contribution >= 4 is 16.2 Å². The minimum Gasteiger partial charge on any atom is -0.469 e. The predicted octanol–water partition coefficient (Wildman–Crippen LogP) is 0.848. The van der Waals surface area contributed by atoms with Crippen LogP contribution in [0.3, 0.4) is 0 Å². The third-order valence-electron chi connectivity index (χ3n) is 3.62. The van der Waals surface area contributed by atoms with Gasteiger partial charge in [-0.2, -0.15) is 17.0 Å². The third kappa shape index (κ3) is 4.43. The maximum absolute atomic E-state index is 12.3. The van der Waals surface area contributed by atoms with Crippen molar-refractivity contribution in [1.82, 2.24) is 8.61 Å². The Balaban J connectivity index is 2.56. The molecule has 1 rings (SSSR count). The highest BCUT2D eigenvalue weighted by atomic mass is 32.2. The lowest BCUT2D eigenvalue weighted by atomic mass is 9.85. The van der Waals surface area contributed by atoms with Gasteiger partial charge in [0.15, 0.2) is 0 Å². The zero-order valence-electron chi connectivity index (χ0n) is 12.0. The zero-order valence-corrected chi connectivity index (χ0v) is 12.8. The molecule has 0 aromatic carbocycles. The van der Waals surface area contributed by atoms with Gasteiger partial charge in [0.05, 0.1) is 13.5 Å². The highest BCUT2D eigenvalue weighted by Crippen LogP contribution is 2.28. The fraction of sp³-hybridized carbons (Fsp3) is 0.917. The maximum Gasteiger partial charge on any atom is 0.306 e. The van der Waals surface area contributed by atoms with Gasteiger partial charge >= 0.3 is 5.97 Å². The van der Waals surface area contributed by atoms with Gasteiger partial charge in [-0.25, -0.2) is 0 Å². The second kappa shape index (κ2) is 7.21. The van der Waals surface area contributed by atoms with Gasteiger partial charge < -0.3 is 4.74 Å². The average molecular weight is 292 g/mol. The third-order valence-corrected chi connectivity index (χ3v) is 5.65. The van der Waals surface area contributed by atoms with Crippen LogP contribution in [0.15, 0.2) is 0 Å². The van der Waals surface area contributed by atoms with Crippen LogP contribution in [0, 0.1) is 5.92 Å². The van der Waals surface area contributed by atoms with Gasteiger partial charge in [-0.15, -0.1) is 0 Å².